The molecule has 1 aliphatic rings. The second-order valence-corrected chi connectivity index (χ2v) is 8.87. The Morgan fingerprint density at radius 1 is 1.21 bits per heavy atom. The third-order valence-corrected chi connectivity index (χ3v) is 6.84. The minimum Gasteiger partial charge on any atom is -0.497 e. The molecule has 1 aliphatic heterocycles. The lowest BCUT2D eigenvalue weighted by Crippen LogP contribution is -2.39. The average Bonchev–Trinajstić information content (AvgIpc) is 3.39. The molecule has 0 radical (unpaired) electrons. The first-order valence-corrected chi connectivity index (χ1v) is 11.7. The average molecular weight is 474 g/mol. The first kappa shape index (κ1) is 21.9. The first-order valence-electron chi connectivity index (χ1n) is 10.9. The number of nitrogens with one attached hydrogen (secondary N) is 1. The van der Waals surface area contributed by atoms with Gasteiger partial charge in [-0.1, -0.05) is 41.7 Å². The van der Waals surface area contributed by atoms with E-state index in [1.807, 2.05) is 60.8 Å². The Bertz CT molecular complexity index is 1610. The molecule has 4 aromatic rings. The Balaban J connectivity index is 1.73. The summed E-state index contributed by atoms with van der Waals surface area (Å²) in [6.45, 7) is 3.77. The summed E-state index contributed by atoms with van der Waals surface area (Å²) in [4.78, 5) is 35.0. The molecular weight excluding hydrogens is 450 g/mol. The van der Waals surface area contributed by atoms with Crippen molar-refractivity contribution < 1.29 is 14.3 Å². The number of carbonyl (C=O) groups excluding carboxylic acids is 1. The molecule has 0 saturated heterocycles. The van der Waals surface area contributed by atoms with Gasteiger partial charge in [0.05, 0.1) is 35.6 Å². The van der Waals surface area contributed by atoms with Gasteiger partial charge in [-0.05, 0) is 43.7 Å². The van der Waals surface area contributed by atoms with Gasteiger partial charge < -0.3 is 14.5 Å². The molecule has 2 aromatic heterocycles. The second kappa shape index (κ2) is 8.79. The molecule has 0 aliphatic carbocycles. The maximum atomic E-state index is 13.7. The van der Waals surface area contributed by atoms with Crippen molar-refractivity contribution in [2.45, 2.75) is 19.9 Å². The van der Waals surface area contributed by atoms with E-state index >= 15 is 0 Å². The third-order valence-electron chi connectivity index (χ3n) is 5.86. The summed E-state index contributed by atoms with van der Waals surface area (Å²) in [5.74, 6) is 0.212. The van der Waals surface area contributed by atoms with Gasteiger partial charge in [0.15, 0.2) is 4.80 Å². The van der Waals surface area contributed by atoms with Crippen molar-refractivity contribution in [2.24, 2.45) is 4.99 Å². The highest BCUT2D eigenvalue weighted by molar-refractivity contribution is 7.07. The number of aromatic amines is 1. The van der Waals surface area contributed by atoms with E-state index in [1.54, 1.807) is 25.5 Å². The van der Waals surface area contributed by atoms with Gasteiger partial charge in [0.25, 0.3) is 5.56 Å². The number of carbonyl (C=O) groups is 1. The summed E-state index contributed by atoms with van der Waals surface area (Å²) in [5, 5.41) is 1.03. The van der Waals surface area contributed by atoms with Gasteiger partial charge in [-0.15, -0.1) is 0 Å². The zero-order valence-electron chi connectivity index (χ0n) is 19.0. The highest BCUT2D eigenvalue weighted by Gasteiger charge is 2.33. The molecule has 5 rings (SSSR count). The highest BCUT2D eigenvalue weighted by atomic mass is 32.1. The number of allylic oxidation sites excluding steroid dienone is 1. The van der Waals surface area contributed by atoms with Crippen molar-refractivity contribution in [1.29, 1.82) is 0 Å². The SMILES string of the molecule is CCOC(=O)C1=C(C)N=c2sc(=Cc3c[nH]c4ccccc34)c(=O)n2[C@@H]1c1ccc(OC)cc1. The lowest BCUT2D eigenvalue weighted by molar-refractivity contribution is -0.139. The van der Waals surface area contributed by atoms with Crippen LogP contribution >= 0.6 is 11.3 Å². The lowest BCUT2D eigenvalue weighted by Gasteiger charge is -2.24. The smallest absolute Gasteiger partial charge is 0.338 e. The van der Waals surface area contributed by atoms with Crippen LogP contribution in [0.2, 0.25) is 0 Å². The molecule has 7 nitrogen and oxygen atoms in total. The van der Waals surface area contributed by atoms with Crippen LogP contribution in [0.15, 0.2) is 75.8 Å². The number of H-pyrrole nitrogens is 1. The predicted molar refractivity (Wildman–Crippen MR) is 132 cm³/mol. The molecule has 172 valence electrons. The standard InChI is InChI=1S/C26H23N3O4S/c1-4-33-25(31)22-15(2)28-26-29(23(22)16-9-11-18(32-3)12-10-16)24(30)21(34-26)13-17-14-27-20-8-6-5-7-19(17)20/h5-14,23,27H,4H2,1-3H3/t23-/m1/s1. The van der Waals surface area contributed by atoms with Gasteiger partial charge in [0.1, 0.15) is 5.75 Å². The summed E-state index contributed by atoms with van der Waals surface area (Å²) in [7, 11) is 1.59. The summed E-state index contributed by atoms with van der Waals surface area (Å²) in [5.41, 5.74) is 3.39. The fourth-order valence-corrected chi connectivity index (χ4v) is 5.29. The number of para-hydroxylation sites is 1. The van der Waals surface area contributed by atoms with Crippen molar-refractivity contribution in [3.05, 3.63) is 96.8 Å². The van der Waals surface area contributed by atoms with Crippen LogP contribution in [0.5, 0.6) is 5.75 Å². The van der Waals surface area contributed by atoms with Crippen LogP contribution in [0.4, 0.5) is 0 Å². The van der Waals surface area contributed by atoms with Crippen molar-refractivity contribution in [1.82, 2.24) is 9.55 Å². The number of hydrogen-bond donors (Lipinski definition) is 1. The monoisotopic (exact) mass is 473 g/mol. The molecular formula is C26H23N3O4S. The Morgan fingerprint density at radius 2 is 1.97 bits per heavy atom. The van der Waals surface area contributed by atoms with E-state index in [2.05, 4.69) is 9.98 Å². The van der Waals surface area contributed by atoms with Gasteiger partial charge in [-0.25, -0.2) is 9.79 Å². The molecule has 0 bridgehead atoms. The summed E-state index contributed by atoms with van der Waals surface area (Å²) < 4.78 is 12.8. The second-order valence-electron chi connectivity index (χ2n) is 7.87. The summed E-state index contributed by atoms with van der Waals surface area (Å²) in [6, 6.07) is 14.6. The molecule has 0 unspecified atom stereocenters. The van der Waals surface area contributed by atoms with E-state index in [1.165, 1.54) is 11.3 Å². The molecule has 2 aromatic carbocycles. The minimum atomic E-state index is -0.647. The first-order chi connectivity index (χ1) is 16.5. The van der Waals surface area contributed by atoms with Crippen LogP contribution in [-0.4, -0.2) is 29.2 Å². The number of fused-ring (bicyclic) bond motifs is 2. The van der Waals surface area contributed by atoms with Crippen LogP contribution < -0.4 is 19.6 Å². The van der Waals surface area contributed by atoms with Crippen LogP contribution in [0, 0.1) is 0 Å². The van der Waals surface area contributed by atoms with Crippen molar-refractivity contribution in [2.75, 3.05) is 13.7 Å². The molecule has 0 spiro atoms. The van der Waals surface area contributed by atoms with Crippen LogP contribution in [0.25, 0.3) is 17.0 Å². The number of hydrogen-bond acceptors (Lipinski definition) is 6. The Kier molecular flexibility index (Phi) is 5.67. The number of aromatic nitrogens is 2. The number of rotatable bonds is 5. The molecule has 3 heterocycles. The van der Waals surface area contributed by atoms with Crippen LogP contribution in [0.3, 0.4) is 0 Å². The number of thiazole rings is 1. The number of esters is 1. The van der Waals surface area contributed by atoms with Crippen molar-refractivity contribution >= 4 is 34.3 Å². The molecule has 1 N–H and O–H groups in total. The van der Waals surface area contributed by atoms with Gasteiger partial charge in [0.2, 0.25) is 0 Å². The Hall–Kier alpha value is -3.91. The van der Waals surface area contributed by atoms with E-state index in [-0.39, 0.29) is 12.2 Å². The van der Waals surface area contributed by atoms with E-state index in [0.717, 1.165) is 22.0 Å². The van der Waals surface area contributed by atoms with Crippen molar-refractivity contribution in [3.8, 4) is 5.75 Å². The summed E-state index contributed by atoms with van der Waals surface area (Å²) in [6.07, 6.45) is 3.76. The quantitative estimate of drug-likeness (QED) is 0.451. The predicted octanol–water partition coefficient (Wildman–Crippen LogP) is 3.29. The van der Waals surface area contributed by atoms with Gasteiger partial charge in [-0.2, -0.15) is 0 Å². The Labute approximate surface area is 199 Å². The minimum absolute atomic E-state index is 0.204. The number of nitrogens with zero attached hydrogens (tertiary/aromatic N) is 2. The van der Waals surface area contributed by atoms with Gasteiger partial charge >= 0.3 is 5.97 Å². The number of methoxy groups -OCH3 is 1. The van der Waals surface area contributed by atoms with E-state index in [0.29, 0.717) is 26.4 Å². The molecule has 34 heavy (non-hydrogen) atoms. The molecule has 0 saturated carbocycles. The zero-order chi connectivity index (χ0) is 23.8. The maximum Gasteiger partial charge on any atom is 0.338 e. The Morgan fingerprint density at radius 3 is 2.71 bits per heavy atom. The number of benzene rings is 2. The van der Waals surface area contributed by atoms with Gasteiger partial charge in [0, 0.05) is 22.7 Å². The number of ether oxygens (including phenoxy) is 2. The normalized spacial score (nSPS) is 15.9. The largest absolute Gasteiger partial charge is 0.497 e. The molecule has 0 amide bonds. The third kappa shape index (κ3) is 3.66. The molecule has 1 atom stereocenters. The van der Waals surface area contributed by atoms with E-state index < -0.39 is 12.0 Å². The van der Waals surface area contributed by atoms with E-state index in [4.69, 9.17) is 9.47 Å². The maximum absolute atomic E-state index is 13.7. The molecule has 8 heteroatoms. The van der Waals surface area contributed by atoms with Gasteiger partial charge in [-0.3, -0.25) is 9.36 Å². The molecule has 0 fully saturated rings. The fraction of sp³-hybridized carbons (Fsp3) is 0.192. The lowest BCUT2D eigenvalue weighted by atomic mass is 9.96. The van der Waals surface area contributed by atoms with Crippen molar-refractivity contribution in [3.63, 3.8) is 0 Å². The highest BCUT2D eigenvalue weighted by Crippen LogP contribution is 2.31. The van der Waals surface area contributed by atoms with E-state index in [9.17, 15) is 9.59 Å². The zero-order valence-corrected chi connectivity index (χ0v) is 19.8. The van der Waals surface area contributed by atoms with Crippen LogP contribution in [0.1, 0.15) is 31.0 Å². The summed E-state index contributed by atoms with van der Waals surface area (Å²) >= 11 is 1.31. The van der Waals surface area contributed by atoms with Crippen LogP contribution in [-0.2, 0) is 9.53 Å². The fourth-order valence-electron chi connectivity index (χ4n) is 4.25. The topological polar surface area (TPSA) is 85.7 Å².